The van der Waals surface area contributed by atoms with E-state index in [4.69, 9.17) is 0 Å². The molecule has 1 aliphatic carbocycles. The highest BCUT2D eigenvalue weighted by molar-refractivity contribution is 6.16. The number of rotatable bonds is 2. The summed E-state index contributed by atoms with van der Waals surface area (Å²) in [6.45, 7) is 1.80. The fourth-order valence-corrected chi connectivity index (χ4v) is 2.32. The second kappa shape index (κ2) is 4.15. The van der Waals surface area contributed by atoms with Crippen molar-refractivity contribution in [1.29, 1.82) is 0 Å². The van der Waals surface area contributed by atoms with E-state index in [-0.39, 0.29) is 12.0 Å². The van der Waals surface area contributed by atoms with E-state index < -0.39 is 23.6 Å². The van der Waals surface area contributed by atoms with Crippen molar-refractivity contribution in [3.63, 3.8) is 0 Å². The van der Waals surface area contributed by atoms with E-state index in [0.717, 1.165) is 12.7 Å². The number of carbonyl (C=O) groups excluding carboxylic acids is 2. The zero-order valence-electron chi connectivity index (χ0n) is 10.00. The van der Waals surface area contributed by atoms with Gasteiger partial charge in [0, 0.05) is 12.0 Å². The van der Waals surface area contributed by atoms with Gasteiger partial charge in [-0.3, -0.25) is 9.59 Å². The van der Waals surface area contributed by atoms with Gasteiger partial charge < -0.3 is 4.74 Å². The van der Waals surface area contributed by atoms with Gasteiger partial charge in [0.15, 0.2) is 11.2 Å². The van der Waals surface area contributed by atoms with Crippen molar-refractivity contribution in [2.24, 2.45) is 5.41 Å². The van der Waals surface area contributed by atoms with E-state index in [2.05, 4.69) is 4.74 Å². The lowest BCUT2D eigenvalue weighted by Crippen LogP contribution is -2.44. The molecule has 0 radical (unpaired) electrons. The number of fused-ring (bicyclic) bond motifs is 1. The molecule has 0 aromatic heterocycles. The number of benzene rings is 1. The normalized spacial score (nSPS) is 22.2. The highest BCUT2D eigenvalue weighted by Crippen LogP contribution is 2.42. The van der Waals surface area contributed by atoms with E-state index in [1.165, 1.54) is 6.07 Å². The predicted octanol–water partition coefficient (Wildman–Crippen LogP) is 2.16. The summed E-state index contributed by atoms with van der Waals surface area (Å²) in [5.74, 6) is -2.02. The molecule has 0 spiro atoms. The average molecular weight is 254 g/mol. The first-order valence-corrected chi connectivity index (χ1v) is 5.44. The molecule has 0 N–H and O–H groups in total. The number of methoxy groups -OCH3 is 1. The third-order valence-electron chi connectivity index (χ3n) is 3.30. The van der Waals surface area contributed by atoms with Crippen LogP contribution >= 0.6 is 0 Å². The Hall–Kier alpha value is -1.78. The Balaban J connectivity index is 2.56. The van der Waals surface area contributed by atoms with Gasteiger partial charge in [-0.05, 0) is 12.5 Å². The van der Waals surface area contributed by atoms with Gasteiger partial charge in [0.1, 0.15) is 0 Å². The first-order valence-electron chi connectivity index (χ1n) is 5.44. The molecule has 0 heterocycles. The summed E-state index contributed by atoms with van der Waals surface area (Å²) in [6, 6.07) is 4.80. The van der Waals surface area contributed by atoms with Gasteiger partial charge in [0.25, 0.3) is 6.43 Å². The molecule has 3 nitrogen and oxygen atoms in total. The lowest BCUT2D eigenvalue weighted by molar-refractivity contribution is -0.157. The maximum absolute atomic E-state index is 13.2. The average Bonchev–Trinajstić information content (AvgIpc) is 2.62. The minimum Gasteiger partial charge on any atom is -0.468 e. The van der Waals surface area contributed by atoms with E-state index in [9.17, 15) is 18.4 Å². The molecule has 0 saturated heterocycles. The van der Waals surface area contributed by atoms with Crippen LogP contribution < -0.4 is 0 Å². The molecule has 0 fully saturated rings. The minimum atomic E-state index is -3.08. The summed E-state index contributed by atoms with van der Waals surface area (Å²) in [5.41, 5.74) is -0.848. The van der Waals surface area contributed by atoms with Crippen molar-refractivity contribution in [2.75, 3.05) is 7.11 Å². The van der Waals surface area contributed by atoms with Crippen LogP contribution in [-0.2, 0) is 16.0 Å². The predicted molar refractivity (Wildman–Crippen MR) is 59.7 cm³/mol. The highest BCUT2D eigenvalue weighted by Gasteiger charge is 2.59. The van der Waals surface area contributed by atoms with Crippen LogP contribution in [0.5, 0.6) is 0 Å². The Kier molecular flexibility index (Phi) is 2.92. The Morgan fingerprint density at radius 1 is 1.44 bits per heavy atom. The summed E-state index contributed by atoms with van der Waals surface area (Å²) >= 11 is 0. The summed E-state index contributed by atoms with van der Waals surface area (Å²) in [4.78, 5) is 23.7. The third-order valence-corrected chi connectivity index (χ3v) is 3.30. The number of hydrogen-bond donors (Lipinski definition) is 0. The second-order valence-electron chi connectivity index (χ2n) is 4.43. The van der Waals surface area contributed by atoms with Crippen LogP contribution in [0, 0.1) is 12.3 Å². The Bertz CT molecular complexity index is 525. The first-order chi connectivity index (χ1) is 8.43. The standard InChI is InChI=1S/C13H12F2O3/c1-7-3-4-9-8(5-7)6-13(10(9)16,11(14)15)12(17)18-2/h3-5,11H,6H2,1-2H3. The molecule has 0 aliphatic heterocycles. The molecule has 1 aromatic carbocycles. The molecular formula is C13H12F2O3. The van der Waals surface area contributed by atoms with Crippen LogP contribution in [0.1, 0.15) is 21.5 Å². The zero-order chi connectivity index (χ0) is 13.5. The first kappa shape index (κ1) is 12.7. The van der Waals surface area contributed by atoms with Crippen molar-refractivity contribution in [3.8, 4) is 0 Å². The maximum Gasteiger partial charge on any atom is 0.326 e. The van der Waals surface area contributed by atoms with Gasteiger partial charge in [0.05, 0.1) is 7.11 Å². The lowest BCUT2D eigenvalue weighted by Gasteiger charge is -2.22. The van der Waals surface area contributed by atoms with Crippen molar-refractivity contribution in [1.82, 2.24) is 0 Å². The largest absolute Gasteiger partial charge is 0.468 e. The maximum atomic E-state index is 13.2. The zero-order valence-corrected chi connectivity index (χ0v) is 10.00. The van der Waals surface area contributed by atoms with Crippen LogP contribution in [-0.4, -0.2) is 25.3 Å². The number of aryl methyl sites for hydroxylation is 1. The Morgan fingerprint density at radius 2 is 2.11 bits per heavy atom. The molecule has 18 heavy (non-hydrogen) atoms. The summed E-state index contributed by atoms with van der Waals surface area (Å²) in [6.07, 6.45) is -3.38. The number of carbonyl (C=O) groups is 2. The second-order valence-corrected chi connectivity index (χ2v) is 4.43. The number of halogens is 2. The molecule has 0 amide bonds. The number of Topliss-reactive ketones (excluding diaryl/α,β-unsaturated/α-hetero) is 1. The van der Waals surface area contributed by atoms with Crippen molar-refractivity contribution < 1.29 is 23.1 Å². The van der Waals surface area contributed by atoms with Gasteiger partial charge in [-0.25, -0.2) is 8.78 Å². The quantitative estimate of drug-likeness (QED) is 0.600. The Labute approximate surface area is 103 Å². The fraction of sp³-hybridized carbons (Fsp3) is 0.385. The molecule has 5 heteroatoms. The number of ketones is 1. The monoisotopic (exact) mass is 254 g/mol. The fourth-order valence-electron chi connectivity index (χ4n) is 2.32. The van der Waals surface area contributed by atoms with Crippen molar-refractivity contribution in [3.05, 3.63) is 34.9 Å². The van der Waals surface area contributed by atoms with E-state index in [1.807, 2.05) is 0 Å². The highest BCUT2D eigenvalue weighted by atomic mass is 19.3. The minimum absolute atomic E-state index is 0.186. The van der Waals surface area contributed by atoms with Crippen LogP contribution in [0.3, 0.4) is 0 Å². The number of esters is 1. The van der Waals surface area contributed by atoms with Crippen LogP contribution in [0.25, 0.3) is 0 Å². The van der Waals surface area contributed by atoms with Crippen LogP contribution in [0.15, 0.2) is 18.2 Å². The van der Waals surface area contributed by atoms with Gasteiger partial charge >= 0.3 is 5.97 Å². The molecule has 96 valence electrons. The van der Waals surface area contributed by atoms with Gasteiger partial charge in [-0.1, -0.05) is 23.8 Å². The third kappa shape index (κ3) is 1.54. The SMILES string of the molecule is COC(=O)C1(C(F)F)Cc2cc(C)ccc2C1=O. The van der Waals surface area contributed by atoms with Gasteiger partial charge in [-0.15, -0.1) is 0 Å². The molecule has 1 aromatic rings. The molecule has 2 rings (SSSR count). The number of hydrogen-bond acceptors (Lipinski definition) is 3. The molecule has 0 bridgehead atoms. The van der Waals surface area contributed by atoms with Crippen LogP contribution in [0.4, 0.5) is 8.78 Å². The van der Waals surface area contributed by atoms with E-state index in [0.29, 0.717) is 5.56 Å². The smallest absolute Gasteiger partial charge is 0.326 e. The van der Waals surface area contributed by atoms with E-state index >= 15 is 0 Å². The molecule has 1 unspecified atom stereocenters. The van der Waals surface area contributed by atoms with Gasteiger partial charge in [0.2, 0.25) is 0 Å². The summed E-state index contributed by atoms with van der Waals surface area (Å²) < 4.78 is 30.8. The summed E-state index contributed by atoms with van der Waals surface area (Å²) in [7, 11) is 1.01. The number of ether oxygens (including phenoxy) is 1. The molecule has 0 saturated carbocycles. The van der Waals surface area contributed by atoms with Crippen LogP contribution in [0.2, 0.25) is 0 Å². The number of alkyl halides is 2. The Morgan fingerprint density at radius 3 is 2.67 bits per heavy atom. The van der Waals surface area contributed by atoms with Gasteiger partial charge in [-0.2, -0.15) is 0 Å². The summed E-state index contributed by atoms with van der Waals surface area (Å²) in [5, 5.41) is 0. The molecule has 1 aliphatic rings. The molecular weight excluding hydrogens is 242 g/mol. The van der Waals surface area contributed by atoms with E-state index in [1.54, 1.807) is 19.1 Å². The van der Waals surface area contributed by atoms with Crippen molar-refractivity contribution >= 4 is 11.8 Å². The lowest BCUT2D eigenvalue weighted by atomic mass is 9.84. The topological polar surface area (TPSA) is 43.4 Å². The molecule has 1 atom stereocenters. The van der Waals surface area contributed by atoms with Crippen molar-refractivity contribution in [2.45, 2.75) is 19.8 Å².